The molecule has 1 amide bonds. The summed E-state index contributed by atoms with van der Waals surface area (Å²) in [5.74, 6) is 0.380. The van der Waals surface area contributed by atoms with Gasteiger partial charge >= 0.3 is 0 Å². The predicted octanol–water partition coefficient (Wildman–Crippen LogP) is 3.09. The van der Waals surface area contributed by atoms with E-state index in [-0.39, 0.29) is 17.7 Å². The summed E-state index contributed by atoms with van der Waals surface area (Å²) in [5.41, 5.74) is 6.95. The summed E-state index contributed by atoms with van der Waals surface area (Å²) in [5, 5.41) is 2.77. The lowest BCUT2D eigenvalue weighted by atomic mass is 10.2. The fourth-order valence-electron chi connectivity index (χ4n) is 1.76. The fraction of sp³-hybridized carbons (Fsp3) is 0.250. The fourth-order valence-corrected chi connectivity index (χ4v) is 1.76. The van der Waals surface area contributed by atoms with E-state index in [0.717, 1.165) is 12.2 Å². The zero-order valence-corrected chi connectivity index (χ0v) is 12.2. The molecule has 1 unspecified atom stereocenters. The van der Waals surface area contributed by atoms with Gasteiger partial charge in [0.15, 0.2) is 5.69 Å². The van der Waals surface area contributed by atoms with Crippen molar-refractivity contribution in [1.29, 1.82) is 0 Å². The molecule has 110 valence electrons. The van der Waals surface area contributed by atoms with Crippen molar-refractivity contribution in [2.75, 3.05) is 11.1 Å². The Morgan fingerprint density at radius 1 is 1.38 bits per heavy atom. The normalized spacial score (nSPS) is 11.7. The zero-order chi connectivity index (χ0) is 15.2. The number of benzene rings is 1. The first-order valence-electron chi connectivity index (χ1n) is 6.88. The molecule has 0 fully saturated rings. The molecule has 5 nitrogen and oxygen atoms in total. The molecule has 0 radical (unpaired) electrons. The minimum Gasteiger partial charge on any atom is -0.491 e. The van der Waals surface area contributed by atoms with Crippen LogP contribution in [0.5, 0.6) is 5.75 Å². The highest BCUT2D eigenvalue weighted by Gasteiger charge is 2.11. The predicted molar refractivity (Wildman–Crippen MR) is 83.4 cm³/mol. The molecule has 0 aliphatic carbocycles. The van der Waals surface area contributed by atoms with Gasteiger partial charge in [-0.2, -0.15) is 0 Å². The molecule has 21 heavy (non-hydrogen) atoms. The maximum absolute atomic E-state index is 12.1. The van der Waals surface area contributed by atoms with Crippen LogP contribution < -0.4 is 15.8 Å². The molecule has 2 aromatic rings. The van der Waals surface area contributed by atoms with E-state index in [1.165, 1.54) is 6.20 Å². The second-order valence-electron chi connectivity index (χ2n) is 4.76. The minimum absolute atomic E-state index is 0.127. The van der Waals surface area contributed by atoms with Crippen molar-refractivity contribution in [3.63, 3.8) is 0 Å². The van der Waals surface area contributed by atoms with E-state index in [2.05, 4.69) is 17.2 Å². The maximum Gasteiger partial charge on any atom is 0.276 e. The highest BCUT2D eigenvalue weighted by atomic mass is 16.5. The summed E-state index contributed by atoms with van der Waals surface area (Å²) in [6.45, 7) is 4.06. The molecule has 0 aliphatic heterocycles. The number of nitrogens with one attached hydrogen (secondary N) is 1. The number of carbonyl (C=O) groups is 1. The number of nitrogens with two attached hydrogens (primary N) is 1. The van der Waals surface area contributed by atoms with Crippen LogP contribution in [0.4, 0.5) is 11.4 Å². The minimum atomic E-state index is -0.339. The Morgan fingerprint density at radius 3 is 2.90 bits per heavy atom. The van der Waals surface area contributed by atoms with E-state index in [0.29, 0.717) is 11.4 Å². The van der Waals surface area contributed by atoms with Crippen LogP contribution in [-0.2, 0) is 0 Å². The zero-order valence-electron chi connectivity index (χ0n) is 12.2. The molecule has 1 aromatic carbocycles. The summed E-state index contributed by atoms with van der Waals surface area (Å²) < 4.78 is 5.72. The van der Waals surface area contributed by atoms with Gasteiger partial charge in [-0.3, -0.25) is 4.79 Å². The molecule has 2 rings (SSSR count). The number of nitrogens with zero attached hydrogens (tertiary/aromatic N) is 1. The van der Waals surface area contributed by atoms with Gasteiger partial charge in [-0.05, 0) is 37.6 Å². The molecular weight excluding hydrogens is 266 g/mol. The highest BCUT2D eigenvalue weighted by Crippen LogP contribution is 2.20. The number of hydrogen-bond acceptors (Lipinski definition) is 4. The van der Waals surface area contributed by atoms with E-state index in [1.807, 2.05) is 19.1 Å². The smallest absolute Gasteiger partial charge is 0.276 e. The van der Waals surface area contributed by atoms with Gasteiger partial charge in [-0.15, -0.1) is 0 Å². The monoisotopic (exact) mass is 285 g/mol. The summed E-state index contributed by atoms with van der Waals surface area (Å²) >= 11 is 0. The Balaban J connectivity index is 2.11. The molecule has 0 aliphatic rings. The van der Waals surface area contributed by atoms with Gasteiger partial charge in [0.05, 0.1) is 11.8 Å². The highest BCUT2D eigenvalue weighted by molar-refractivity contribution is 6.06. The third-order valence-corrected chi connectivity index (χ3v) is 3.06. The lowest BCUT2D eigenvalue weighted by Gasteiger charge is -2.13. The Kier molecular flexibility index (Phi) is 4.77. The molecule has 0 saturated heterocycles. The van der Waals surface area contributed by atoms with Crippen LogP contribution in [-0.4, -0.2) is 17.0 Å². The van der Waals surface area contributed by atoms with Gasteiger partial charge in [0, 0.05) is 18.0 Å². The Morgan fingerprint density at radius 2 is 2.19 bits per heavy atom. The number of hydrogen-bond donors (Lipinski definition) is 2. The third-order valence-electron chi connectivity index (χ3n) is 3.06. The third kappa shape index (κ3) is 3.95. The lowest BCUT2D eigenvalue weighted by Crippen LogP contribution is -2.16. The Labute approximate surface area is 124 Å². The van der Waals surface area contributed by atoms with Crippen LogP contribution in [0.3, 0.4) is 0 Å². The maximum atomic E-state index is 12.1. The summed E-state index contributed by atoms with van der Waals surface area (Å²) in [7, 11) is 0. The van der Waals surface area contributed by atoms with Crippen LogP contribution in [0.25, 0.3) is 0 Å². The standard InChI is InChI=1S/C16H19N3O2/c1-3-11(2)21-13-7-4-6-12(10-13)19-16(20)15-14(17)8-5-9-18-15/h4-11H,3,17H2,1-2H3,(H,19,20). The van der Waals surface area contributed by atoms with E-state index in [1.54, 1.807) is 24.3 Å². The van der Waals surface area contributed by atoms with Gasteiger partial charge in [0.2, 0.25) is 0 Å². The van der Waals surface area contributed by atoms with Crippen LogP contribution in [0.1, 0.15) is 30.8 Å². The van der Waals surface area contributed by atoms with Crippen molar-refractivity contribution < 1.29 is 9.53 Å². The molecule has 1 aromatic heterocycles. The van der Waals surface area contributed by atoms with E-state index in [9.17, 15) is 4.79 Å². The first-order chi connectivity index (χ1) is 10.1. The largest absolute Gasteiger partial charge is 0.491 e. The van der Waals surface area contributed by atoms with Gasteiger partial charge in [0.25, 0.3) is 5.91 Å². The SMILES string of the molecule is CCC(C)Oc1cccc(NC(=O)c2ncccc2N)c1. The van der Waals surface area contributed by atoms with Crippen LogP contribution in [0.2, 0.25) is 0 Å². The number of carbonyl (C=O) groups excluding carboxylic acids is 1. The number of aromatic nitrogens is 1. The molecule has 0 saturated carbocycles. The first-order valence-corrected chi connectivity index (χ1v) is 6.88. The molecule has 3 N–H and O–H groups in total. The molecular formula is C16H19N3O2. The number of ether oxygens (including phenoxy) is 1. The van der Waals surface area contributed by atoms with E-state index >= 15 is 0 Å². The van der Waals surface area contributed by atoms with Crippen LogP contribution in [0.15, 0.2) is 42.6 Å². The number of amides is 1. The van der Waals surface area contributed by atoms with Crippen molar-refractivity contribution >= 4 is 17.3 Å². The van der Waals surface area contributed by atoms with Crippen molar-refractivity contribution in [3.05, 3.63) is 48.3 Å². The first kappa shape index (κ1) is 14.8. The molecule has 1 heterocycles. The van der Waals surface area contributed by atoms with E-state index in [4.69, 9.17) is 10.5 Å². The number of pyridine rings is 1. The molecule has 5 heteroatoms. The van der Waals surface area contributed by atoms with Crippen molar-refractivity contribution in [2.45, 2.75) is 26.4 Å². The summed E-state index contributed by atoms with van der Waals surface area (Å²) in [6.07, 6.45) is 2.58. The van der Waals surface area contributed by atoms with Gasteiger partial charge in [0.1, 0.15) is 5.75 Å². The topological polar surface area (TPSA) is 77.2 Å². The Bertz CT molecular complexity index is 628. The second kappa shape index (κ2) is 6.74. The molecule has 0 spiro atoms. The number of anilines is 2. The number of rotatable bonds is 5. The Hall–Kier alpha value is -2.56. The van der Waals surface area contributed by atoms with Gasteiger partial charge < -0.3 is 15.8 Å². The molecule has 0 bridgehead atoms. The van der Waals surface area contributed by atoms with E-state index < -0.39 is 0 Å². The van der Waals surface area contributed by atoms with Crippen LogP contribution in [0, 0.1) is 0 Å². The summed E-state index contributed by atoms with van der Waals surface area (Å²) in [4.78, 5) is 16.1. The average molecular weight is 285 g/mol. The van der Waals surface area contributed by atoms with Gasteiger partial charge in [-0.25, -0.2) is 4.98 Å². The van der Waals surface area contributed by atoms with Crippen molar-refractivity contribution in [3.8, 4) is 5.75 Å². The lowest BCUT2D eigenvalue weighted by molar-refractivity contribution is 0.102. The van der Waals surface area contributed by atoms with Gasteiger partial charge in [-0.1, -0.05) is 13.0 Å². The van der Waals surface area contributed by atoms with Crippen LogP contribution >= 0.6 is 0 Å². The summed E-state index contributed by atoms with van der Waals surface area (Å²) in [6, 6.07) is 10.6. The molecule has 1 atom stereocenters. The second-order valence-corrected chi connectivity index (χ2v) is 4.76. The quantitative estimate of drug-likeness (QED) is 0.885. The average Bonchev–Trinajstić information content (AvgIpc) is 2.47. The van der Waals surface area contributed by atoms with Crippen molar-refractivity contribution in [2.24, 2.45) is 0 Å². The number of nitrogen functional groups attached to an aromatic ring is 1. The van der Waals surface area contributed by atoms with Crippen molar-refractivity contribution in [1.82, 2.24) is 4.98 Å².